The summed E-state index contributed by atoms with van der Waals surface area (Å²) in [6, 6.07) is 14.5. The molecule has 0 aliphatic rings. The number of rotatable bonds is 6. The van der Waals surface area contributed by atoms with E-state index in [4.69, 9.17) is 10.6 Å². The summed E-state index contributed by atoms with van der Waals surface area (Å²) >= 11 is 7.09. The predicted octanol–water partition coefficient (Wildman–Crippen LogP) is 3.84. The number of nitrogens with one attached hydrogen (secondary N) is 1. The highest BCUT2D eigenvalue weighted by atomic mass is 79.9. The molecule has 5 heteroatoms. The summed E-state index contributed by atoms with van der Waals surface area (Å²) in [4.78, 5) is 0. The minimum Gasteiger partial charge on any atom is -0.496 e. The fourth-order valence-corrected chi connectivity index (χ4v) is 3.28. The normalized spacial score (nSPS) is 12.2. The molecule has 0 bridgehead atoms. The molecule has 3 nitrogen and oxygen atoms in total. The Bertz CT molecular complexity index is 605. The van der Waals surface area contributed by atoms with E-state index in [1.807, 2.05) is 24.3 Å². The lowest BCUT2D eigenvalue weighted by molar-refractivity contribution is 0.411. The smallest absolute Gasteiger partial charge is 0.133 e. The van der Waals surface area contributed by atoms with Crippen LogP contribution in [0.15, 0.2) is 51.4 Å². The number of benzene rings is 2. The molecule has 21 heavy (non-hydrogen) atoms. The van der Waals surface area contributed by atoms with E-state index in [-0.39, 0.29) is 6.04 Å². The lowest BCUT2D eigenvalue weighted by Crippen LogP contribution is -2.38. The molecule has 0 radical (unpaired) electrons. The summed E-state index contributed by atoms with van der Waals surface area (Å²) < 4.78 is 7.32. The average molecular weight is 414 g/mol. The standard InChI is InChI=1S/C16H18Br2N2O/c1-21-16-7-6-11(9-15(16)18)8-13(20-19)10-12-4-2-3-5-14(12)17/h2-7,9,13,20H,8,10,19H2,1H3. The summed E-state index contributed by atoms with van der Waals surface area (Å²) in [5.74, 6) is 6.55. The number of nitrogens with two attached hydrogens (primary N) is 1. The molecule has 0 aliphatic heterocycles. The van der Waals surface area contributed by atoms with Crippen molar-refractivity contribution in [1.82, 2.24) is 5.43 Å². The van der Waals surface area contributed by atoms with E-state index in [1.165, 1.54) is 11.1 Å². The Balaban J connectivity index is 2.09. The van der Waals surface area contributed by atoms with E-state index in [1.54, 1.807) is 7.11 Å². The van der Waals surface area contributed by atoms with Crippen LogP contribution in [-0.2, 0) is 12.8 Å². The Labute approximate surface area is 142 Å². The van der Waals surface area contributed by atoms with Crippen LogP contribution in [0.2, 0.25) is 0 Å². The first-order chi connectivity index (χ1) is 10.1. The zero-order valence-electron chi connectivity index (χ0n) is 11.8. The first-order valence-corrected chi connectivity index (χ1v) is 8.24. The fourth-order valence-electron chi connectivity index (χ4n) is 2.24. The summed E-state index contributed by atoms with van der Waals surface area (Å²) in [6.45, 7) is 0. The number of hydrogen-bond acceptors (Lipinski definition) is 3. The van der Waals surface area contributed by atoms with Crippen LogP contribution in [0.5, 0.6) is 5.75 Å². The Morgan fingerprint density at radius 1 is 1.10 bits per heavy atom. The summed E-state index contributed by atoms with van der Waals surface area (Å²) in [7, 11) is 1.66. The second-order valence-corrected chi connectivity index (χ2v) is 6.54. The number of halogens is 2. The SMILES string of the molecule is COc1ccc(CC(Cc2ccccc2Br)NN)cc1Br. The number of hydrazine groups is 1. The molecule has 3 N–H and O–H groups in total. The van der Waals surface area contributed by atoms with Gasteiger partial charge in [-0.1, -0.05) is 40.2 Å². The van der Waals surface area contributed by atoms with Crippen LogP contribution in [-0.4, -0.2) is 13.2 Å². The number of ether oxygens (including phenoxy) is 1. The minimum absolute atomic E-state index is 0.170. The number of hydrogen-bond donors (Lipinski definition) is 2. The molecule has 0 heterocycles. The highest BCUT2D eigenvalue weighted by Crippen LogP contribution is 2.26. The van der Waals surface area contributed by atoms with Crippen molar-refractivity contribution >= 4 is 31.9 Å². The lowest BCUT2D eigenvalue weighted by atomic mass is 9.99. The zero-order valence-corrected chi connectivity index (χ0v) is 14.9. The molecule has 0 amide bonds. The molecule has 0 aliphatic carbocycles. The number of methoxy groups -OCH3 is 1. The van der Waals surface area contributed by atoms with Gasteiger partial charge in [0.25, 0.3) is 0 Å². The van der Waals surface area contributed by atoms with Gasteiger partial charge in [0, 0.05) is 10.5 Å². The van der Waals surface area contributed by atoms with Crippen LogP contribution in [0, 0.1) is 0 Å². The van der Waals surface area contributed by atoms with Crippen LogP contribution < -0.4 is 16.0 Å². The van der Waals surface area contributed by atoms with Crippen molar-refractivity contribution in [2.75, 3.05) is 7.11 Å². The molecule has 0 aromatic heterocycles. The molecule has 1 unspecified atom stereocenters. The van der Waals surface area contributed by atoms with Crippen molar-refractivity contribution in [2.24, 2.45) is 5.84 Å². The van der Waals surface area contributed by atoms with Gasteiger partial charge in [0.15, 0.2) is 0 Å². The summed E-state index contributed by atoms with van der Waals surface area (Å²) in [5, 5.41) is 0. The van der Waals surface area contributed by atoms with Crippen molar-refractivity contribution in [2.45, 2.75) is 18.9 Å². The van der Waals surface area contributed by atoms with E-state index in [0.717, 1.165) is 27.5 Å². The fraction of sp³-hybridized carbons (Fsp3) is 0.250. The zero-order chi connectivity index (χ0) is 15.2. The van der Waals surface area contributed by atoms with Crippen LogP contribution in [0.25, 0.3) is 0 Å². The summed E-state index contributed by atoms with van der Waals surface area (Å²) in [5.41, 5.74) is 5.36. The van der Waals surface area contributed by atoms with Gasteiger partial charge in [-0.25, -0.2) is 0 Å². The maximum atomic E-state index is 5.71. The van der Waals surface area contributed by atoms with Crippen LogP contribution >= 0.6 is 31.9 Å². The van der Waals surface area contributed by atoms with E-state index < -0.39 is 0 Å². The van der Waals surface area contributed by atoms with Crippen LogP contribution in [0.4, 0.5) is 0 Å². The second kappa shape index (κ2) is 7.94. The molecule has 2 aromatic carbocycles. The van der Waals surface area contributed by atoms with Crippen molar-refractivity contribution in [3.63, 3.8) is 0 Å². The van der Waals surface area contributed by atoms with Gasteiger partial charge in [-0.3, -0.25) is 11.3 Å². The molecule has 112 valence electrons. The van der Waals surface area contributed by atoms with Crippen molar-refractivity contribution < 1.29 is 4.74 Å². The van der Waals surface area contributed by atoms with Gasteiger partial charge in [-0.05, 0) is 58.1 Å². The van der Waals surface area contributed by atoms with Crippen molar-refractivity contribution in [3.8, 4) is 5.75 Å². The Kier molecular flexibility index (Phi) is 6.23. The highest BCUT2D eigenvalue weighted by Gasteiger charge is 2.12. The molecule has 0 fully saturated rings. The molecule has 0 spiro atoms. The molecule has 0 saturated heterocycles. The van der Waals surface area contributed by atoms with E-state index in [9.17, 15) is 0 Å². The monoisotopic (exact) mass is 412 g/mol. The highest BCUT2D eigenvalue weighted by molar-refractivity contribution is 9.10. The van der Waals surface area contributed by atoms with E-state index in [0.29, 0.717) is 0 Å². The molecule has 2 rings (SSSR count). The molecule has 0 saturated carbocycles. The van der Waals surface area contributed by atoms with Gasteiger partial charge >= 0.3 is 0 Å². The van der Waals surface area contributed by atoms with E-state index in [2.05, 4.69) is 55.5 Å². The minimum atomic E-state index is 0.170. The molecular formula is C16H18Br2N2O. The Morgan fingerprint density at radius 3 is 2.48 bits per heavy atom. The maximum absolute atomic E-state index is 5.71. The maximum Gasteiger partial charge on any atom is 0.133 e. The molecule has 2 aromatic rings. The van der Waals surface area contributed by atoms with Gasteiger partial charge in [-0.15, -0.1) is 0 Å². The molecular weight excluding hydrogens is 396 g/mol. The summed E-state index contributed by atoms with van der Waals surface area (Å²) in [6.07, 6.45) is 1.71. The first kappa shape index (κ1) is 16.5. The van der Waals surface area contributed by atoms with Gasteiger partial charge in [-0.2, -0.15) is 0 Å². The van der Waals surface area contributed by atoms with E-state index >= 15 is 0 Å². The van der Waals surface area contributed by atoms with Gasteiger partial charge < -0.3 is 4.74 Å². The van der Waals surface area contributed by atoms with Crippen LogP contribution in [0.1, 0.15) is 11.1 Å². The van der Waals surface area contributed by atoms with Gasteiger partial charge in [0.05, 0.1) is 11.6 Å². The Hall–Kier alpha value is -0.880. The third-order valence-corrected chi connectivity index (χ3v) is 4.75. The van der Waals surface area contributed by atoms with Crippen LogP contribution in [0.3, 0.4) is 0 Å². The largest absolute Gasteiger partial charge is 0.496 e. The average Bonchev–Trinajstić information content (AvgIpc) is 2.49. The topological polar surface area (TPSA) is 47.3 Å². The predicted molar refractivity (Wildman–Crippen MR) is 93.4 cm³/mol. The van der Waals surface area contributed by atoms with Crippen molar-refractivity contribution in [3.05, 3.63) is 62.5 Å². The third kappa shape index (κ3) is 4.54. The van der Waals surface area contributed by atoms with Crippen molar-refractivity contribution in [1.29, 1.82) is 0 Å². The Morgan fingerprint density at radius 2 is 1.86 bits per heavy atom. The molecule has 1 atom stereocenters. The second-order valence-electron chi connectivity index (χ2n) is 4.83. The lowest BCUT2D eigenvalue weighted by Gasteiger charge is -2.17. The third-order valence-electron chi connectivity index (χ3n) is 3.36. The van der Waals surface area contributed by atoms with Gasteiger partial charge in [0.1, 0.15) is 5.75 Å². The quantitative estimate of drug-likeness (QED) is 0.558. The first-order valence-electron chi connectivity index (χ1n) is 6.66. The van der Waals surface area contributed by atoms with Gasteiger partial charge in [0.2, 0.25) is 0 Å².